The third-order valence-corrected chi connectivity index (χ3v) is 2.73. The van der Waals surface area contributed by atoms with E-state index >= 15 is 0 Å². The Bertz CT molecular complexity index is 475. The summed E-state index contributed by atoms with van der Waals surface area (Å²) in [6.07, 6.45) is 6.76. The molecule has 0 radical (unpaired) electrons. The van der Waals surface area contributed by atoms with Crippen LogP contribution in [0.25, 0.3) is 10.9 Å². The summed E-state index contributed by atoms with van der Waals surface area (Å²) in [6, 6.07) is 2.24. The molecule has 2 rings (SSSR count). The summed E-state index contributed by atoms with van der Waals surface area (Å²) in [6.45, 7) is 6.53. The zero-order valence-corrected chi connectivity index (χ0v) is 9.49. The van der Waals surface area contributed by atoms with Crippen LogP contribution in [0.5, 0.6) is 0 Å². The lowest BCUT2D eigenvalue weighted by atomic mass is 9.99. The van der Waals surface area contributed by atoms with Crippen molar-refractivity contribution in [2.75, 3.05) is 0 Å². The predicted molar refractivity (Wildman–Crippen MR) is 63.0 cm³/mol. The lowest BCUT2D eigenvalue weighted by Crippen LogP contribution is -1.94. The Kier molecular flexibility index (Phi) is 2.67. The highest BCUT2D eigenvalue weighted by Crippen LogP contribution is 2.23. The van der Waals surface area contributed by atoms with Gasteiger partial charge in [0.1, 0.15) is 0 Å². The topological polar surface area (TPSA) is 25.8 Å². The first kappa shape index (κ1) is 10.1. The Labute approximate surface area is 90.4 Å². The van der Waals surface area contributed by atoms with Crippen molar-refractivity contribution in [3.05, 3.63) is 35.8 Å². The van der Waals surface area contributed by atoms with Crippen LogP contribution in [0.1, 0.15) is 37.8 Å². The van der Waals surface area contributed by atoms with Crippen LogP contribution in [0.15, 0.2) is 24.7 Å². The highest BCUT2D eigenvalue weighted by molar-refractivity contribution is 5.82. The summed E-state index contributed by atoms with van der Waals surface area (Å²) in [7, 11) is 0. The van der Waals surface area contributed by atoms with Gasteiger partial charge in [0.05, 0.1) is 11.7 Å². The van der Waals surface area contributed by atoms with E-state index < -0.39 is 0 Å². The molecule has 2 heteroatoms. The van der Waals surface area contributed by atoms with Gasteiger partial charge >= 0.3 is 0 Å². The maximum Gasteiger partial charge on any atom is 0.0888 e. The highest BCUT2D eigenvalue weighted by atomic mass is 14.7. The van der Waals surface area contributed by atoms with Crippen molar-refractivity contribution in [2.45, 2.75) is 33.1 Å². The van der Waals surface area contributed by atoms with Gasteiger partial charge < -0.3 is 0 Å². The van der Waals surface area contributed by atoms with Gasteiger partial charge in [-0.25, -0.2) is 0 Å². The van der Waals surface area contributed by atoms with Gasteiger partial charge in [0.15, 0.2) is 0 Å². The molecule has 0 aliphatic rings. The molecule has 0 fully saturated rings. The molecule has 15 heavy (non-hydrogen) atoms. The van der Waals surface area contributed by atoms with Crippen molar-refractivity contribution in [1.29, 1.82) is 0 Å². The molecular formula is C13H16N2. The van der Waals surface area contributed by atoms with Crippen LogP contribution in [0.2, 0.25) is 0 Å². The van der Waals surface area contributed by atoms with Gasteiger partial charge in [0, 0.05) is 17.8 Å². The summed E-state index contributed by atoms with van der Waals surface area (Å²) in [4.78, 5) is 8.66. The Morgan fingerprint density at radius 3 is 2.67 bits per heavy atom. The lowest BCUT2D eigenvalue weighted by molar-refractivity contribution is 0.867. The molecule has 0 unspecified atom stereocenters. The molecular weight excluding hydrogens is 184 g/mol. The lowest BCUT2D eigenvalue weighted by Gasteiger charge is -2.09. The molecule has 0 N–H and O–H groups in total. The first-order chi connectivity index (χ1) is 7.22. The minimum absolute atomic E-state index is 0.495. The van der Waals surface area contributed by atoms with E-state index in [1.54, 1.807) is 0 Å². The SMILES string of the molecule is CCc1cnc2cncc(C(C)C)c2c1. The number of nitrogens with zero attached hydrogens (tertiary/aromatic N) is 2. The first-order valence-electron chi connectivity index (χ1n) is 5.45. The zero-order valence-electron chi connectivity index (χ0n) is 9.49. The van der Waals surface area contributed by atoms with Crippen molar-refractivity contribution in [3.8, 4) is 0 Å². The second-order valence-electron chi connectivity index (χ2n) is 4.15. The minimum atomic E-state index is 0.495. The average Bonchev–Trinajstić information content (AvgIpc) is 2.27. The standard InChI is InChI=1S/C13H16N2/c1-4-10-5-11-12(9(2)3)7-14-8-13(11)15-6-10/h5-9H,4H2,1-3H3. The molecule has 2 nitrogen and oxygen atoms in total. The predicted octanol–water partition coefficient (Wildman–Crippen LogP) is 3.32. The van der Waals surface area contributed by atoms with Crippen LogP contribution in [0, 0.1) is 0 Å². The van der Waals surface area contributed by atoms with E-state index in [1.807, 2.05) is 18.6 Å². The molecule has 0 atom stereocenters. The van der Waals surface area contributed by atoms with E-state index in [4.69, 9.17) is 0 Å². The highest BCUT2D eigenvalue weighted by Gasteiger charge is 2.06. The maximum absolute atomic E-state index is 4.43. The van der Waals surface area contributed by atoms with E-state index in [1.165, 1.54) is 16.5 Å². The second-order valence-corrected chi connectivity index (χ2v) is 4.15. The fraction of sp³-hybridized carbons (Fsp3) is 0.385. The van der Waals surface area contributed by atoms with Crippen LogP contribution < -0.4 is 0 Å². The summed E-state index contributed by atoms with van der Waals surface area (Å²) < 4.78 is 0. The Morgan fingerprint density at radius 1 is 1.20 bits per heavy atom. The molecule has 0 aliphatic heterocycles. The van der Waals surface area contributed by atoms with Crippen molar-refractivity contribution in [2.24, 2.45) is 0 Å². The largest absolute Gasteiger partial charge is 0.262 e. The van der Waals surface area contributed by atoms with E-state index in [9.17, 15) is 0 Å². The molecule has 0 aromatic carbocycles. The summed E-state index contributed by atoms with van der Waals surface area (Å²) in [5.74, 6) is 0.495. The minimum Gasteiger partial charge on any atom is -0.262 e. The molecule has 0 amide bonds. The number of pyridine rings is 2. The van der Waals surface area contributed by atoms with Gasteiger partial charge in [-0.2, -0.15) is 0 Å². The van der Waals surface area contributed by atoms with Crippen LogP contribution in [0.3, 0.4) is 0 Å². The quantitative estimate of drug-likeness (QED) is 0.743. The normalized spacial score (nSPS) is 11.2. The molecule has 2 aromatic rings. The summed E-state index contributed by atoms with van der Waals surface area (Å²) >= 11 is 0. The number of aryl methyl sites for hydroxylation is 1. The first-order valence-corrected chi connectivity index (χ1v) is 5.45. The van der Waals surface area contributed by atoms with Crippen LogP contribution in [-0.2, 0) is 6.42 Å². The Hall–Kier alpha value is -1.44. The molecule has 0 saturated heterocycles. The third-order valence-electron chi connectivity index (χ3n) is 2.73. The van der Waals surface area contributed by atoms with Gasteiger partial charge in [0.2, 0.25) is 0 Å². The molecule has 2 heterocycles. The van der Waals surface area contributed by atoms with Crippen molar-refractivity contribution in [1.82, 2.24) is 9.97 Å². The van der Waals surface area contributed by atoms with Gasteiger partial charge in [-0.15, -0.1) is 0 Å². The van der Waals surface area contributed by atoms with E-state index in [2.05, 4.69) is 36.8 Å². The molecule has 78 valence electrons. The number of aromatic nitrogens is 2. The second kappa shape index (κ2) is 3.97. The summed E-state index contributed by atoms with van der Waals surface area (Å²) in [5.41, 5.74) is 3.57. The van der Waals surface area contributed by atoms with Gasteiger partial charge in [-0.3, -0.25) is 9.97 Å². The van der Waals surface area contributed by atoms with E-state index in [0.29, 0.717) is 5.92 Å². The van der Waals surface area contributed by atoms with E-state index in [-0.39, 0.29) is 0 Å². The molecule has 2 aromatic heterocycles. The van der Waals surface area contributed by atoms with E-state index in [0.717, 1.165) is 11.9 Å². The van der Waals surface area contributed by atoms with Crippen LogP contribution in [0.4, 0.5) is 0 Å². The van der Waals surface area contributed by atoms with Crippen molar-refractivity contribution in [3.63, 3.8) is 0 Å². The number of fused-ring (bicyclic) bond motifs is 1. The zero-order chi connectivity index (χ0) is 10.8. The van der Waals surface area contributed by atoms with Crippen molar-refractivity contribution >= 4 is 10.9 Å². The Balaban J connectivity index is 2.70. The number of rotatable bonds is 2. The smallest absolute Gasteiger partial charge is 0.0888 e. The Morgan fingerprint density at radius 2 is 2.00 bits per heavy atom. The number of hydrogen-bond donors (Lipinski definition) is 0. The third kappa shape index (κ3) is 1.84. The molecule has 0 bridgehead atoms. The molecule has 0 spiro atoms. The summed E-state index contributed by atoms with van der Waals surface area (Å²) in [5, 5.41) is 1.25. The van der Waals surface area contributed by atoms with Gasteiger partial charge in [-0.05, 0) is 29.5 Å². The monoisotopic (exact) mass is 200 g/mol. The maximum atomic E-state index is 4.43. The molecule has 0 saturated carbocycles. The van der Waals surface area contributed by atoms with Gasteiger partial charge in [0.25, 0.3) is 0 Å². The average molecular weight is 200 g/mol. The van der Waals surface area contributed by atoms with Crippen molar-refractivity contribution < 1.29 is 0 Å². The number of hydrogen-bond acceptors (Lipinski definition) is 2. The molecule has 0 aliphatic carbocycles. The van der Waals surface area contributed by atoms with Crippen LogP contribution in [-0.4, -0.2) is 9.97 Å². The fourth-order valence-electron chi connectivity index (χ4n) is 1.76. The fourth-order valence-corrected chi connectivity index (χ4v) is 1.76. The van der Waals surface area contributed by atoms with Crippen LogP contribution >= 0.6 is 0 Å². The van der Waals surface area contributed by atoms with Gasteiger partial charge in [-0.1, -0.05) is 20.8 Å².